The quantitative estimate of drug-likeness (QED) is 0.555. The monoisotopic (exact) mass is 415 g/mol. The average molecular weight is 415 g/mol. The summed E-state index contributed by atoms with van der Waals surface area (Å²) >= 11 is 1.46. The first-order valence-electron chi connectivity index (χ1n) is 8.99. The summed E-state index contributed by atoms with van der Waals surface area (Å²) in [5.74, 6) is -1.67. The minimum Gasteiger partial charge on any atom is -0.456 e. The lowest BCUT2D eigenvalue weighted by Gasteiger charge is -2.18. The van der Waals surface area contributed by atoms with Gasteiger partial charge in [-0.3, -0.25) is 9.59 Å². The van der Waals surface area contributed by atoms with Gasteiger partial charge in [0.15, 0.2) is 6.61 Å². The molecule has 0 aliphatic rings. The van der Waals surface area contributed by atoms with E-state index in [4.69, 9.17) is 4.74 Å². The molecule has 1 aromatic heterocycles. The van der Waals surface area contributed by atoms with Crippen LogP contribution in [0.2, 0.25) is 0 Å². The Balaban J connectivity index is 1.52. The van der Waals surface area contributed by atoms with E-state index in [1.165, 1.54) is 35.6 Å². The Hall–Kier alpha value is -3.06. The molecule has 0 spiro atoms. The summed E-state index contributed by atoms with van der Waals surface area (Å²) in [5, 5.41) is 4.70. The van der Waals surface area contributed by atoms with E-state index in [-0.39, 0.29) is 18.1 Å². The molecule has 0 fully saturated rings. The number of halogens is 2. The van der Waals surface area contributed by atoms with Crippen LogP contribution in [-0.2, 0) is 20.7 Å². The zero-order valence-electron chi connectivity index (χ0n) is 15.4. The second-order valence-electron chi connectivity index (χ2n) is 6.35. The van der Waals surface area contributed by atoms with Crippen molar-refractivity contribution < 1.29 is 23.1 Å². The lowest BCUT2D eigenvalue weighted by molar-refractivity contribution is -0.148. The smallest absolute Gasteiger partial charge is 0.306 e. The molecule has 29 heavy (non-hydrogen) atoms. The van der Waals surface area contributed by atoms with Crippen molar-refractivity contribution in [1.82, 2.24) is 5.32 Å². The number of rotatable bonds is 8. The van der Waals surface area contributed by atoms with E-state index in [2.05, 4.69) is 5.32 Å². The number of benzene rings is 2. The second kappa shape index (κ2) is 9.93. The van der Waals surface area contributed by atoms with Crippen molar-refractivity contribution in [3.05, 3.63) is 93.7 Å². The lowest BCUT2D eigenvalue weighted by atomic mass is 10.1. The van der Waals surface area contributed by atoms with Crippen LogP contribution in [0, 0.1) is 11.6 Å². The molecular weight excluding hydrogens is 396 g/mol. The van der Waals surface area contributed by atoms with Crippen molar-refractivity contribution in [3.8, 4) is 0 Å². The van der Waals surface area contributed by atoms with Crippen LogP contribution < -0.4 is 5.32 Å². The molecule has 3 aromatic rings. The van der Waals surface area contributed by atoms with E-state index in [0.29, 0.717) is 6.42 Å². The number of aryl methyl sites for hydroxylation is 1. The molecule has 1 N–H and O–H groups in total. The van der Waals surface area contributed by atoms with E-state index < -0.39 is 24.5 Å². The van der Waals surface area contributed by atoms with Crippen LogP contribution in [0.3, 0.4) is 0 Å². The summed E-state index contributed by atoms with van der Waals surface area (Å²) in [6.45, 7) is -0.411. The number of carbonyl (C=O) groups excluding carboxylic acids is 2. The predicted octanol–water partition coefficient (Wildman–Crippen LogP) is 4.41. The van der Waals surface area contributed by atoms with E-state index >= 15 is 0 Å². The molecule has 0 saturated heterocycles. The predicted molar refractivity (Wildman–Crippen MR) is 106 cm³/mol. The van der Waals surface area contributed by atoms with Crippen LogP contribution in [0.4, 0.5) is 8.78 Å². The Morgan fingerprint density at radius 2 is 1.62 bits per heavy atom. The fraction of sp³-hybridized carbons (Fsp3) is 0.182. The fourth-order valence-electron chi connectivity index (χ4n) is 2.75. The van der Waals surface area contributed by atoms with Crippen molar-refractivity contribution in [3.63, 3.8) is 0 Å². The second-order valence-corrected chi connectivity index (χ2v) is 7.33. The Morgan fingerprint density at radius 1 is 0.966 bits per heavy atom. The van der Waals surface area contributed by atoms with Crippen LogP contribution in [0.5, 0.6) is 0 Å². The Kier molecular flexibility index (Phi) is 7.08. The van der Waals surface area contributed by atoms with E-state index in [1.807, 2.05) is 17.5 Å². The van der Waals surface area contributed by atoms with Crippen molar-refractivity contribution in [1.29, 1.82) is 0 Å². The maximum Gasteiger partial charge on any atom is 0.306 e. The van der Waals surface area contributed by atoms with Crippen LogP contribution >= 0.6 is 11.3 Å². The molecular formula is C22H19F2NO3S. The molecule has 2 aromatic carbocycles. The summed E-state index contributed by atoms with van der Waals surface area (Å²) in [6, 6.07) is 15.0. The van der Waals surface area contributed by atoms with Crippen LogP contribution in [0.25, 0.3) is 0 Å². The van der Waals surface area contributed by atoms with Gasteiger partial charge in [0.2, 0.25) is 0 Å². The summed E-state index contributed by atoms with van der Waals surface area (Å²) in [5.41, 5.74) is 1.53. The molecule has 1 amide bonds. The van der Waals surface area contributed by atoms with Gasteiger partial charge in [0, 0.05) is 11.3 Å². The van der Waals surface area contributed by atoms with Gasteiger partial charge in [0.1, 0.15) is 11.6 Å². The molecule has 0 bridgehead atoms. The Morgan fingerprint density at radius 3 is 2.24 bits per heavy atom. The van der Waals surface area contributed by atoms with Gasteiger partial charge in [-0.05, 0) is 53.3 Å². The molecule has 7 heteroatoms. The van der Waals surface area contributed by atoms with Gasteiger partial charge in [0.05, 0.1) is 6.04 Å². The van der Waals surface area contributed by atoms with E-state index in [0.717, 1.165) is 16.0 Å². The molecule has 3 rings (SSSR count). The zero-order chi connectivity index (χ0) is 20.6. The minimum atomic E-state index is -0.515. The first-order valence-corrected chi connectivity index (χ1v) is 9.87. The summed E-state index contributed by atoms with van der Waals surface area (Å²) in [4.78, 5) is 25.1. The summed E-state index contributed by atoms with van der Waals surface area (Å²) < 4.78 is 31.1. The normalized spacial score (nSPS) is 11.7. The number of amides is 1. The van der Waals surface area contributed by atoms with Crippen molar-refractivity contribution in [2.45, 2.75) is 18.9 Å². The average Bonchev–Trinajstić information content (AvgIpc) is 3.25. The number of hydrogen-bond acceptors (Lipinski definition) is 4. The standard InChI is InChI=1S/C22H19F2NO3S/c23-17-8-3-15(4-9-17)5-12-21(27)28-14-20(26)25-22(19-2-1-13-29-19)16-6-10-18(24)11-7-16/h1-4,6-11,13,22H,5,12,14H2,(H,25,26)/t22-/m1/s1. The highest BCUT2D eigenvalue weighted by molar-refractivity contribution is 7.10. The lowest BCUT2D eigenvalue weighted by Crippen LogP contribution is -2.32. The van der Waals surface area contributed by atoms with Crippen molar-refractivity contribution in [2.75, 3.05) is 6.61 Å². The van der Waals surface area contributed by atoms with Gasteiger partial charge >= 0.3 is 5.97 Å². The van der Waals surface area contributed by atoms with E-state index in [1.54, 1.807) is 24.3 Å². The highest BCUT2D eigenvalue weighted by atomic mass is 32.1. The van der Waals surface area contributed by atoms with Gasteiger partial charge in [-0.25, -0.2) is 8.78 Å². The third kappa shape index (κ3) is 6.22. The molecule has 0 unspecified atom stereocenters. The molecule has 0 aliphatic carbocycles. The zero-order valence-corrected chi connectivity index (χ0v) is 16.3. The summed E-state index contributed by atoms with van der Waals surface area (Å²) in [7, 11) is 0. The molecule has 1 heterocycles. The first-order chi connectivity index (χ1) is 14.0. The number of hydrogen-bond donors (Lipinski definition) is 1. The number of esters is 1. The highest BCUT2D eigenvalue weighted by Gasteiger charge is 2.19. The van der Waals surface area contributed by atoms with Crippen molar-refractivity contribution in [2.24, 2.45) is 0 Å². The first kappa shape index (κ1) is 20.7. The maximum atomic E-state index is 13.2. The number of ether oxygens (including phenoxy) is 1. The number of thiophene rings is 1. The molecule has 0 radical (unpaired) electrons. The maximum absolute atomic E-state index is 13.2. The number of carbonyl (C=O) groups is 2. The van der Waals surface area contributed by atoms with Gasteiger partial charge in [-0.1, -0.05) is 30.3 Å². The largest absolute Gasteiger partial charge is 0.456 e. The molecule has 1 atom stereocenters. The molecule has 4 nitrogen and oxygen atoms in total. The van der Waals surface area contributed by atoms with Gasteiger partial charge < -0.3 is 10.1 Å². The van der Waals surface area contributed by atoms with Crippen molar-refractivity contribution >= 4 is 23.2 Å². The molecule has 0 saturated carbocycles. The minimum absolute atomic E-state index is 0.0885. The van der Waals surface area contributed by atoms with Gasteiger partial charge in [-0.15, -0.1) is 11.3 Å². The SMILES string of the molecule is O=C(COC(=O)CCc1ccc(F)cc1)N[C@H](c1ccc(F)cc1)c1cccs1. The van der Waals surface area contributed by atoms with Gasteiger partial charge in [0.25, 0.3) is 5.91 Å². The van der Waals surface area contributed by atoms with E-state index in [9.17, 15) is 18.4 Å². The third-order valence-electron chi connectivity index (χ3n) is 4.23. The van der Waals surface area contributed by atoms with Crippen LogP contribution in [-0.4, -0.2) is 18.5 Å². The van der Waals surface area contributed by atoms with Crippen LogP contribution in [0.1, 0.15) is 28.5 Å². The summed E-state index contributed by atoms with van der Waals surface area (Å²) in [6.07, 6.45) is 0.485. The topological polar surface area (TPSA) is 55.4 Å². The fourth-order valence-corrected chi connectivity index (χ4v) is 3.55. The molecule has 0 aliphatic heterocycles. The Bertz CT molecular complexity index is 941. The third-order valence-corrected chi connectivity index (χ3v) is 5.17. The highest BCUT2D eigenvalue weighted by Crippen LogP contribution is 2.26. The Labute approximate surface area is 171 Å². The number of nitrogens with one attached hydrogen (secondary N) is 1. The van der Waals surface area contributed by atoms with Crippen LogP contribution in [0.15, 0.2) is 66.0 Å². The van der Waals surface area contributed by atoms with Gasteiger partial charge in [-0.2, -0.15) is 0 Å². The molecule has 150 valence electrons.